The van der Waals surface area contributed by atoms with Crippen molar-refractivity contribution in [3.8, 4) is 0 Å². The number of rotatable bonds is 6. The maximum atomic E-state index is 10.7. The quantitative estimate of drug-likeness (QED) is 0.855. The molecule has 0 amide bonds. The van der Waals surface area contributed by atoms with Crippen molar-refractivity contribution in [2.24, 2.45) is 0 Å². The van der Waals surface area contributed by atoms with Crippen LogP contribution in [0.2, 0.25) is 0 Å². The number of thiophene rings is 1. The molecule has 2 aromatic rings. The summed E-state index contributed by atoms with van der Waals surface area (Å²) in [6.07, 6.45) is 2.93. The van der Waals surface area contributed by atoms with Gasteiger partial charge in [-0.25, -0.2) is 9.78 Å². The lowest BCUT2D eigenvalue weighted by atomic mass is 10.3. The Hall–Kier alpha value is -1.24. The van der Waals surface area contributed by atoms with Crippen molar-refractivity contribution in [1.82, 2.24) is 10.3 Å². The van der Waals surface area contributed by atoms with Gasteiger partial charge in [0, 0.05) is 34.4 Å². The molecule has 2 aromatic heterocycles. The predicted octanol–water partition coefficient (Wildman–Crippen LogP) is 2.76. The minimum Gasteiger partial charge on any atom is -0.478 e. The number of carboxylic acid groups (broad SMARTS) is 1. The van der Waals surface area contributed by atoms with Crippen LogP contribution in [0.1, 0.15) is 32.0 Å². The van der Waals surface area contributed by atoms with Gasteiger partial charge in [-0.3, -0.25) is 0 Å². The maximum absolute atomic E-state index is 10.7. The van der Waals surface area contributed by atoms with Gasteiger partial charge in [-0.1, -0.05) is 6.92 Å². The second kappa shape index (κ2) is 6.08. The number of thiazole rings is 1. The monoisotopic (exact) mass is 282 g/mol. The summed E-state index contributed by atoms with van der Waals surface area (Å²) in [4.78, 5) is 17.4. The number of carboxylic acids is 1. The Balaban J connectivity index is 1.82. The van der Waals surface area contributed by atoms with E-state index in [1.807, 2.05) is 6.20 Å². The highest BCUT2D eigenvalue weighted by Crippen LogP contribution is 2.16. The Morgan fingerprint density at radius 2 is 2.28 bits per heavy atom. The molecule has 0 aliphatic carbocycles. The number of aromatic nitrogens is 1. The molecule has 0 aliphatic rings. The van der Waals surface area contributed by atoms with Crippen LogP contribution in [0.3, 0.4) is 0 Å². The van der Waals surface area contributed by atoms with Crippen LogP contribution in [0.15, 0.2) is 17.6 Å². The van der Waals surface area contributed by atoms with Crippen molar-refractivity contribution in [3.05, 3.63) is 38.0 Å². The van der Waals surface area contributed by atoms with Gasteiger partial charge in [0.15, 0.2) is 0 Å². The lowest BCUT2D eigenvalue weighted by Crippen LogP contribution is -2.11. The van der Waals surface area contributed by atoms with Crippen molar-refractivity contribution in [1.29, 1.82) is 0 Å². The predicted molar refractivity (Wildman–Crippen MR) is 73.3 cm³/mol. The molecule has 4 nitrogen and oxygen atoms in total. The highest BCUT2D eigenvalue weighted by atomic mass is 32.1. The fourth-order valence-electron chi connectivity index (χ4n) is 1.47. The molecule has 96 valence electrons. The molecule has 18 heavy (non-hydrogen) atoms. The topological polar surface area (TPSA) is 62.2 Å². The first kappa shape index (κ1) is 13.2. The number of carbonyl (C=O) groups is 1. The van der Waals surface area contributed by atoms with Crippen LogP contribution in [0.4, 0.5) is 0 Å². The summed E-state index contributed by atoms with van der Waals surface area (Å²) in [7, 11) is 0. The van der Waals surface area contributed by atoms with E-state index in [0.29, 0.717) is 12.1 Å². The van der Waals surface area contributed by atoms with Gasteiger partial charge in [0.2, 0.25) is 0 Å². The maximum Gasteiger partial charge on any atom is 0.336 e. The summed E-state index contributed by atoms with van der Waals surface area (Å²) >= 11 is 3.18. The van der Waals surface area contributed by atoms with Crippen LogP contribution in [0.25, 0.3) is 0 Å². The van der Waals surface area contributed by atoms with Gasteiger partial charge in [0.1, 0.15) is 5.01 Å². The van der Waals surface area contributed by atoms with Crippen molar-refractivity contribution in [2.45, 2.75) is 26.4 Å². The molecule has 0 aliphatic heterocycles. The average Bonchev–Trinajstić information content (AvgIpc) is 2.97. The van der Waals surface area contributed by atoms with E-state index in [1.54, 1.807) is 22.8 Å². The van der Waals surface area contributed by atoms with Crippen LogP contribution in [0, 0.1) is 0 Å². The van der Waals surface area contributed by atoms with Crippen molar-refractivity contribution in [2.75, 3.05) is 0 Å². The van der Waals surface area contributed by atoms with E-state index in [2.05, 4.69) is 17.2 Å². The van der Waals surface area contributed by atoms with Gasteiger partial charge in [0.05, 0.1) is 5.56 Å². The van der Waals surface area contributed by atoms with Crippen molar-refractivity contribution in [3.63, 3.8) is 0 Å². The second-order valence-electron chi connectivity index (χ2n) is 3.78. The Bertz CT molecular complexity index is 534. The molecular formula is C12H14N2O2S2. The normalized spacial score (nSPS) is 10.7. The van der Waals surface area contributed by atoms with Crippen LogP contribution in [-0.2, 0) is 19.5 Å². The van der Waals surface area contributed by atoms with Crippen LogP contribution >= 0.6 is 22.7 Å². The SMILES string of the molecule is CCc1cnc(CNCc2cc(C(=O)O)cs2)s1. The molecule has 6 heteroatoms. The van der Waals surface area contributed by atoms with E-state index in [0.717, 1.165) is 22.9 Å². The molecule has 0 fully saturated rings. The van der Waals surface area contributed by atoms with Gasteiger partial charge < -0.3 is 10.4 Å². The summed E-state index contributed by atoms with van der Waals surface area (Å²) < 4.78 is 0. The Labute approximate surface area is 113 Å². The number of aryl methyl sites for hydroxylation is 1. The molecule has 2 N–H and O–H groups in total. The smallest absolute Gasteiger partial charge is 0.336 e. The standard InChI is InChI=1S/C12H14N2O2S2/c1-2-9-5-14-11(18-9)6-13-4-10-3-8(7-17-10)12(15)16/h3,5,7,13H,2,4,6H2,1H3,(H,15,16). The Kier molecular flexibility index (Phi) is 4.46. The Morgan fingerprint density at radius 1 is 1.44 bits per heavy atom. The molecular weight excluding hydrogens is 268 g/mol. The summed E-state index contributed by atoms with van der Waals surface area (Å²) in [5, 5.41) is 14.8. The first-order chi connectivity index (χ1) is 8.69. The number of aromatic carboxylic acids is 1. The van der Waals surface area contributed by atoms with Gasteiger partial charge in [0.25, 0.3) is 0 Å². The number of hydrogen-bond donors (Lipinski definition) is 2. The third-order valence-electron chi connectivity index (χ3n) is 2.43. The van der Waals surface area contributed by atoms with Gasteiger partial charge in [-0.05, 0) is 12.5 Å². The molecule has 0 saturated carbocycles. The largest absolute Gasteiger partial charge is 0.478 e. The third-order valence-corrected chi connectivity index (χ3v) is 4.50. The highest BCUT2D eigenvalue weighted by molar-refractivity contribution is 7.11. The molecule has 2 rings (SSSR count). The zero-order valence-corrected chi connectivity index (χ0v) is 11.6. The average molecular weight is 282 g/mol. The molecule has 0 spiro atoms. The highest BCUT2D eigenvalue weighted by Gasteiger charge is 2.06. The van der Waals surface area contributed by atoms with E-state index in [4.69, 9.17) is 5.11 Å². The molecule has 0 saturated heterocycles. The van der Waals surface area contributed by atoms with Gasteiger partial charge >= 0.3 is 5.97 Å². The lowest BCUT2D eigenvalue weighted by Gasteiger charge is -1.99. The summed E-state index contributed by atoms with van der Waals surface area (Å²) in [5.41, 5.74) is 0.360. The van der Waals surface area contributed by atoms with Crippen LogP contribution < -0.4 is 5.32 Å². The molecule has 0 unspecified atom stereocenters. The minimum absolute atomic E-state index is 0.360. The summed E-state index contributed by atoms with van der Waals surface area (Å²) in [6, 6.07) is 1.71. The number of nitrogens with zero attached hydrogens (tertiary/aromatic N) is 1. The summed E-state index contributed by atoms with van der Waals surface area (Å²) in [5.74, 6) is -0.870. The third kappa shape index (κ3) is 3.38. The van der Waals surface area contributed by atoms with Crippen molar-refractivity contribution >= 4 is 28.6 Å². The molecule has 0 atom stereocenters. The molecule has 2 heterocycles. The van der Waals surface area contributed by atoms with E-state index < -0.39 is 5.97 Å². The zero-order chi connectivity index (χ0) is 13.0. The van der Waals surface area contributed by atoms with Crippen LogP contribution in [0.5, 0.6) is 0 Å². The first-order valence-electron chi connectivity index (χ1n) is 5.64. The van der Waals surface area contributed by atoms with Gasteiger partial charge in [-0.15, -0.1) is 22.7 Å². The van der Waals surface area contributed by atoms with E-state index in [-0.39, 0.29) is 0 Å². The van der Waals surface area contributed by atoms with E-state index in [9.17, 15) is 4.79 Å². The fraction of sp³-hybridized carbons (Fsp3) is 0.333. The molecule has 0 bridgehead atoms. The van der Waals surface area contributed by atoms with E-state index in [1.165, 1.54) is 16.2 Å². The number of nitrogens with one attached hydrogen (secondary N) is 1. The number of hydrogen-bond acceptors (Lipinski definition) is 5. The van der Waals surface area contributed by atoms with E-state index >= 15 is 0 Å². The molecule has 0 radical (unpaired) electrons. The minimum atomic E-state index is -0.870. The Morgan fingerprint density at radius 3 is 2.89 bits per heavy atom. The zero-order valence-electron chi connectivity index (χ0n) is 9.97. The van der Waals surface area contributed by atoms with Crippen molar-refractivity contribution < 1.29 is 9.90 Å². The first-order valence-corrected chi connectivity index (χ1v) is 7.33. The molecule has 0 aromatic carbocycles. The van der Waals surface area contributed by atoms with Crippen LogP contribution in [-0.4, -0.2) is 16.1 Å². The van der Waals surface area contributed by atoms with Gasteiger partial charge in [-0.2, -0.15) is 0 Å². The fourth-order valence-corrected chi connectivity index (χ4v) is 3.13. The lowest BCUT2D eigenvalue weighted by molar-refractivity contribution is 0.0697. The summed E-state index contributed by atoms with van der Waals surface area (Å²) in [6.45, 7) is 3.52. The second-order valence-corrected chi connectivity index (χ2v) is 5.98.